The second-order valence-corrected chi connectivity index (χ2v) is 4.69. The van der Waals surface area contributed by atoms with Crippen molar-refractivity contribution in [2.75, 3.05) is 0 Å². The molecule has 0 aliphatic rings. The molecule has 0 spiro atoms. The van der Waals surface area contributed by atoms with Crippen molar-refractivity contribution in [2.24, 2.45) is 0 Å². The van der Waals surface area contributed by atoms with E-state index in [1.807, 2.05) is 0 Å². The summed E-state index contributed by atoms with van der Waals surface area (Å²) < 4.78 is 5.56. The fourth-order valence-electron chi connectivity index (χ4n) is 1.98. The second kappa shape index (κ2) is 4.52. The number of nitrogens with zero attached hydrogens (tertiary/aromatic N) is 1. The maximum Gasteiger partial charge on any atom is 0.230 e. The van der Waals surface area contributed by atoms with Crippen LogP contribution < -0.4 is 0 Å². The van der Waals surface area contributed by atoms with E-state index in [1.165, 1.54) is 0 Å². The molecule has 4 heteroatoms. The molecule has 0 fully saturated rings. The highest BCUT2D eigenvalue weighted by Crippen LogP contribution is 2.24. The van der Waals surface area contributed by atoms with E-state index in [2.05, 4.69) is 4.98 Å². The largest absolute Gasteiger partial charge is 0.453 e. The van der Waals surface area contributed by atoms with Gasteiger partial charge in [-0.05, 0) is 43.3 Å². The van der Waals surface area contributed by atoms with Crippen LogP contribution >= 0.6 is 11.6 Å². The molecule has 2 heterocycles. The van der Waals surface area contributed by atoms with Gasteiger partial charge in [0.2, 0.25) is 5.78 Å². The number of ketones is 1. The first-order chi connectivity index (χ1) is 9.15. The summed E-state index contributed by atoms with van der Waals surface area (Å²) in [7, 11) is 0. The van der Waals surface area contributed by atoms with Crippen LogP contribution in [-0.2, 0) is 0 Å². The summed E-state index contributed by atoms with van der Waals surface area (Å²) in [5.41, 5.74) is 1.88. The van der Waals surface area contributed by atoms with E-state index in [4.69, 9.17) is 16.0 Å². The lowest BCUT2D eigenvalue weighted by molar-refractivity contribution is 0.101. The van der Waals surface area contributed by atoms with Crippen LogP contribution in [0.1, 0.15) is 21.8 Å². The zero-order valence-corrected chi connectivity index (χ0v) is 10.9. The van der Waals surface area contributed by atoms with Gasteiger partial charge in [0, 0.05) is 27.9 Å². The summed E-state index contributed by atoms with van der Waals surface area (Å²) in [5.74, 6) is 0.131. The Bertz CT molecular complexity index is 777. The number of aromatic nitrogens is 1. The van der Waals surface area contributed by atoms with Crippen molar-refractivity contribution in [3.05, 3.63) is 64.6 Å². The van der Waals surface area contributed by atoms with Gasteiger partial charge < -0.3 is 4.42 Å². The minimum absolute atomic E-state index is 0.169. The number of benzene rings is 1. The Morgan fingerprint density at radius 2 is 2.11 bits per heavy atom. The number of aryl methyl sites for hydroxylation is 1. The van der Waals surface area contributed by atoms with Gasteiger partial charge in [0.25, 0.3) is 0 Å². The van der Waals surface area contributed by atoms with Crippen LogP contribution in [-0.4, -0.2) is 10.8 Å². The van der Waals surface area contributed by atoms with Gasteiger partial charge in [-0.2, -0.15) is 0 Å². The molecule has 0 amide bonds. The highest BCUT2D eigenvalue weighted by atomic mass is 35.5. The van der Waals surface area contributed by atoms with Crippen LogP contribution in [0.2, 0.25) is 5.02 Å². The van der Waals surface area contributed by atoms with Gasteiger partial charge in [-0.1, -0.05) is 11.6 Å². The highest BCUT2D eigenvalue weighted by Gasteiger charge is 2.16. The van der Waals surface area contributed by atoms with Crippen LogP contribution in [0.15, 0.2) is 47.0 Å². The lowest BCUT2D eigenvalue weighted by Crippen LogP contribution is -2.03. The molecule has 0 saturated carbocycles. The number of rotatable bonds is 2. The number of pyridine rings is 1. The SMILES string of the molecule is Cc1ncccc1C(=O)c1cc2cc(Cl)ccc2o1. The quantitative estimate of drug-likeness (QED) is 0.661. The summed E-state index contributed by atoms with van der Waals surface area (Å²) in [5, 5.41) is 1.43. The predicted molar refractivity (Wildman–Crippen MR) is 73.6 cm³/mol. The van der Waals surface area contributed by atoms with Gasteiger partial charge in [0.1, 0.15) is 5.58 Å². The Balaban J connectivity index is 2.09. The Kier molecular flexibility index (Phi) is 2.84. The summed E-state index contributed by atoms with van der Waals surface area (Å²) in [4.78, 5) is 16.5. The molecule has 0 N–H and O–H groups in total. The highest BCUT2D eigenvalue weighted by molar-refractivity contribution is 6.31. The van der Waals surface area contributed by atoms with Crippen molar-refractivity contribution >= 4 is 28.4 Å². The number of carbonyl (C=O) groups is 1. The van der Waals surface area contributed by atoms with E-state index in [0.717, 1.165) is 5.39 Å². The van der Waals surface area contributed by atoms with Gasteiger partial charge in [0.05, 0.1) is 0 Å². The Morgan fingerprint density at radius 3 is 2.89 bits per heavy atom. The van der Waals surface area contributed by atoms with Gasteiger partial charge >= 0.3 is 0 Å². The Hall–Kier alpha value is -2.13. The molecule has 0 unspecified atom stereocenters. The third kappa shape index (κ3) is 2.13. The summed E-state index contributed by atoms with van der Waals surface area (Å²) in [6, 6.07) is 10.4. The summed E-state index contributed by atoms with van der Waals surface area (Å²) >= 11 is 5.91. The first-order valence-corrected chi connectivity index (χ1v) is 6.18. The lowest BCUT2D eigenvalue weighted by Gasteiger charge is -2.00. The summed E-state index contributed by atoms with van der Waals surface area (Å²) in [6.07, 6.45) is 1.66. The first-order valence-electron chi connectivity index (χ1n) is 5.80. The second-order valence-electron chi connectivity index (χ2n) is 4.26. The predicted octanol–water partition coefficient (Wildman–Crippen LogP) is 4.02. The summed E-state index contributed by atoms with van der Waals surface area (Å²) in [6.45, 7) is 1.80. The van der Waals surface area contributed by atoms with Crippen molar-refractivity contribution in [1.29, 1.82) is 0 Å². The van der Waals surface area contributed by atoms with Gasteiger partial charge in [-0.3, -0.25) is 9.78 Å². The zero-order chi connectivity index (χ0) is 13.4. The van der Waals surface area contributed by atoms with Crippen LogP contribution in [0.25, 0.3) is 11.0 Å². The van der Waals surface area contributed by atoms with E-state index >= 15 is 0 Å². The molecule has 0 saturated heterocycles. The molecule has 0 aliphatic heterocycles. The van der Waals surface area contributed by atoms with E-state index in [1.54, 1.807) is 49.5 Å². The third-order valence-electron chi connectivity index (χ3n) is 2.95. The van der Waals surface area contributed by atoms with Crippen molar-refractivity contribution in [2.45, 2.75) is 6.92 Å². The third-order valence-corrected chi connectivity index (χ3v) is 3.19. The van der Waals surface area contributed by atoms with E-state index < -0.39 is 0 Å². The number of hydrogen-bond acceptors (Lipinski definition) is 3. The molecular formula is C15H10ClNO2. The van der Waals surface area contributed by atoms with Gasteiger partial charge in [-0.25, -0.2) is 0 Å². The molecular weight excluding hydrogens is 262 g/mol. The smallest absolute Gasteiger partial charge is 0.230 e. The fraction of sp³-hybridized carbons (Fsp3) is 0.0667. The molecule has 0 radical (unpaired) electrons. The van der Waals surface area contributed by atoms with E-state index in [-0.39, 0.29) is 5.78 Å². The van der Waals surface area contributed by atoms with Crippen molar-refractivity contribution in [3.8, 4) is 0 Å². The topological polar surface area (TPSA) is 43.1 Å². The monoisotopic (exact) mass is 271 g/mol. The van der Waals surface area contributed by atoms with E-state index in [9.17, 15) is 4.79 Å². The maximum atomic E-state index is 12.4. The van der Waals surface area contributed by atoms with E-state index in [0.29, 0.717) is 27.6 Å². The average Bonchev–Trinajstić information content (AvgIpc) is 2.81. The minimum atomic E-state index is -0.169. The molecule has 3 nitrogen and oxygen atoms in total. The van der Waals surface area contributed by atoms with Crippen LogP contribution in [0.4, 0.5) is 0 Å². The maximum absolute atomic E-state index is 12.4. The molecule has 94 valence electrons. The number of furan rings is 1. The molecule has 1 aromatic carbocycles. The van der Waals surface area contributed by atoms with Gasteiger partial charge in [-0.15, -0.1) is 0 Å². The molecule has 0 bridgehead atoms. The van der Waals surface area contributed by atoms with Crippen LogP contribution in [0.5, 0.6) is 0 Å². The number of fused-ring (bicyclic) bond motifs is 1. The average molecular weight is 272 g/mol. The number of halogens is 1. The normalized spacial score (nSPS) is 10.8. The first kappa shape index (κ1) is 11.9. The lowest BCUT2D eigenvalue weighted by atomic mass is 10.1. The van der Waals surface area contributed by atoms with Gasteiger partial charge in [0.15, 0.2) is 5.76 Å². The molecule has 0 atom stereocenters. The molecule has 3 rings (SSSR count). The molecule has 3 aromatic rings. The zero-order valence-electron chi connectivity index (χ0n) is 10.2. The van der Waals surface area contributed by atoms with Crippen molar-refractivity contribution in [1.82, 2.24) is 4.98 Å². The number of hydrogen-bond donors (Lipinski definition) is 0. The Labute approximate surface area is 114 Å². The van der Waals surface area contributed by atoms with Crippen molar-refractivity contribution < 1.29 is 9.21 Å². The fourth-order valence-corrected chi connectivity index (χ4v) is 2.16. The molecule has 2 aromatic heterocycles. The minimum Gasteiger partial charge on any atom is -0.453 e. The number of carbonyl (C=O) groups excluding carboxylic acids is 1. The molecule has 19 heavy (non-hydrogen) atoms. The van der Waals surface area contributed by atoms with Crippen LogP contribution in [0.3, 0.4) is 0 Å². The molecule has 0 aliphatic carbocycles. The standard InChI is InChI=1S/C15H10ClNO2/c1-9-12(3-2-6-17-9)15(18)14-8-10-7-11(16)4-5-13(10)19-14/h2-8H,1H3. The van der Waals surface area contributed by atoms with Crippen LogP contribution in [0, 0.1) is 6.92 Å². The Morgan fingerprint density at radius 1 is 1.26 bits per heavy atom. The van der Waals surface area contributed by atoms with Crippen molar-refractivity contribution in [3.63, 3.8) is 0 Å².